The van der Waals surface area contributed by atoms with Crippen LogP contribution < -0.4 is 14.4 Å². The highest BCUT2D eigenvalue weighted by atomic mass is 32.2. The molecule has 1 heterocycles. The largest absolute Gasteiger partial charge is 0.490 e. The molecule has 2 aromatic carbocycles. The van der Waals surface area contributed by atoms with Crippen LogP contribution in [0.25, 0.3) is 0 Å². The summed E-state index contributed by atoms with van der Waals surface area (Å²) in [6, 6.07) is 12.0. The molecule has 0 saturated carbocycles. The van der Waals surface area contributed by atoms with Crippen LogP contribution in [0.15, 0.2) is 42.5 Å². The van der Waals surface area contributed by atoms with Crippen molar-refractivity contribution in [3.05, 3.63) is 53.6 Å². The summed E-state index contributed by atoms with van der Waals surface area (Å²) in [4.78, 5) is 12.4. The molecule has 0 spiro atoms. The lowest BCUT2D eigenvalue weighted by Crippen LogP contribution is -2.24. The van der Waals surface area contributed by atoms with Gasteiger partial charge in [0.2, 0.25) is 10.0 Å². The fourth-order valence-electron chi connectivity index (χ4n) is 2.72. The molecular formula is C18H20N2O4S. The Kier molecular flexibility index (Phi) is 4.43. The van der Waals surface area contributed by atoms with E-state index in [2.05, 4.69) is 5.32 Å². The van der Waals surface area contributed by atoms with Crippen LogP contribution in [-0.4, -0.2) is 33.7 Å². The predicted octanol–water partition coefficient (Wildman–Crippen LogP) is 2.66. The van der Waals surface area contributed by atoms with Crippen LogP contribution in [0.4, 0.5) is 11.4 Å². The fourth-order valence-corrected chi connectivity index (χ4v) is 3.22. The van der Waals surface area contributed by atoms with Crippen molar-refractivity contribution in [1.29, 1.82) is 0 Å². The lowest BCUT2D eigenvalue weighted by Gasteiger charge is -2.16. The zero-order valence-corrected chi connectivity index (χ0v) is 15.1. The number of anilines is 2. The summed E-state index contributed by atoms with van der Waals surface area (Å²) >= 11 is 0. The maximum absolute atomic E-state index is 12.4. The number of amides is 1. The summed E-state index contributed by atoms with van der Waals surface area (Å²) in [5.74, 6) is 0.610. The molecule has 0 radical (unpaired) electrons. The third-order valence-electron chi connectivity index (χ3n) is 4.14. The van der Waals surface area contributed by atoms with Gasteiger partial charge in [0, 0.05) is 24.7 Å². The minimum atomic E-state index is -3.33. The van der Waals surface area contributed by atoms with Crippen LogP contribution in [0.1, 0.15) is 22.8 Å². The number of nitrogens with zero attached hydrogens (tertiary/aromatic N) is 1. The third-order valence-corrected chi connectivity index (χ3v) is 5.35. The number of ether oxygens (including phenoxy) is 1. The number of fused-ring (bicyclic) bond motifs is 1. The monoisotopic (exact) mass is 360 g/mol. The van der Waals surface area contributed by atoms with Crippen LogP contribution in [0.3, 0.4) is 0 Å². The number of nitrogens with one attached hydrogen (secondary N) is 1. The van der Waals surface area contributed by atoms with Gasteiger partial charge in [0.1, 0.15) is 11.9 Å². The summed E-state index contributed by atoms with van der Waals surface area (Å²) in [6.45, 7) is 2.01. The molecule has 0 aromatic heterocycles. The summed E-state index contributed by atoms with van der Waals surface area (Å²) in [5.41, 5.74) is 2.74. The van der Waals surface area contributed by atoms with Crippen molar-refractivity contribution in [2.24, 2.45) is 0 Å². The van der Waals surface area contributed by atoms with E-state index in [0.717, 1.165) is 28.3 Å². The molecule has 1 aliphatic rings. The molecule has 7 heteroatoms. The van der Waals surface area contributed by atoms with E-state index in [1.807, 2.05) is 19.1 Å². The minimum Gasteiger partial charge on any atom is -0.490 e. The number of benzene rings is 2. The zero-order valence-electron chi connectivity index (χ0n) is 14.3. The summed E-state index contributed by atoms with van der Waals surface area (Å²) in [5, 5.41) is 2.86. The van der Waals surface area contributed by atoms with Gasteiger partial charge in [0.25, 0.3) is 5.91 Å². The minimum absolute atomic E-state index is 0.153. The van der Waals surface area contributed by atoms with Gasteiger partial charge in [0.15, 0.2) is 0 Å². The fraction of sp³-hybridized carbons (Fsp3) is 0.278. The highest BCUT2D eigenvalue weighted by Gasteiger charge is 2.19. The molecular weight excluding hydrogens is 340 g/mol. The van der Waals surface area contributed by atoms with Crippen molar-refractivity contribution >= 4 is 27.3 Å². The van der Waals surface area contributed by atoms with Crippen LogP contribution >= 0.6 is 0 Å². The molecule has 2 aromatic rings. The number of carbonyl (C=O) groups excluding carboxylic acids is 1. The lowest BCUT2D eigenvalue weighted by molar-refractivity contribution is 0.102. The van der Waals surface area contributed by atoms with Crippen LogP contribution in [0.2, 0.25) is 0 Å². The Morgan fingerprint density at radius 1 is 1.20 bits per heavy atom. The first-order valence-electron chi connectivity index (χ1n) is 7.89. The van der Waals surface area contributed by atoms with E-state index in [0.29, 0.717) is 16.9 Å². The molecule has 0 bridgehead atoms. The van der Waals surface area contributed by atoms with Crippen molar-refractivity contribution < 1.29 is 17.9 Å². The summed E-state index contributed by atoms with van der Waals surface area (Å²) < 4.78 is 29.9. The van der Waals surface area contributed by atoms with Gasteiger partial charge in [-0.1, -0.05) is 0 Å². The Hall–Kier alpha value is -2.54. The van der Waals surface area contributed by atoms with E-state index in [1.165, 1.54) is 7.05 Å². The van der Waals surface area contributed by atoms with E-state index in [9.17, 15) is 13.2 Å². The van der Waals surface area contributed by atoms with Gasteiger partial charge in [0.05, 0.1) is 11.9 Å². The van der Waals surface area contributed by atoms with Crippen LogP contribution in [0, 0.1) is 0 Å². The van der Waals surface area contributed by atoms with Gasteiger partial charge in [-0.3, -0.25) is 9.10 Å². The first-order chi connectivity index (χ1) is 11.7. The Morgan fingerprint density at radius 3 is 2.52 bits per heavy atom. The second kappa shape index (κ2) is 6.40. The van der Waals surface area contributed by atoms with Crippen molar-refractivity contribution in [2.75, 3.05) is 22.9 Å². The molecule has 1 unspecified atom stereocenters. The van der Waals surface area contributed by atoms with Gasteiger partial charge in [-0.25, -0.2) is 8.42 Å². The molecule has 6 nitrogen and oxygen atoms in total. The molecule has 132 valence electrons. The van der Waals surface area contributed by atoms with Crippen molar-refractivity contribution in [1.82, 2.24) is 0 Å². The number of rotatable bonds is 4. The standard InChI is InChI=1S/C18H20N2O4S/c1-12-10-14-11-15(6-9-17(14)24-12)19-18(21)13-4-7-16(8-5-13)20(2)25(3,22)23/h4-9,11-12H,10H2,1-3H3,(H,19,21). The molecule has 1 atom stereocenters. The maximum Gasteiger partial charge on any atom is 0.255 e. The van der Waals surface area contributed by atoms with Gasteiger partial charge < -0.3 is 10.1 Å². The molecule has 1 aliphatic heterocycles. The maximum atomic E-state index is 12.4. The number of hydrogen-bond donors (Lipinski definition) is 1. The quantitative estimate of drug-likeness (QED) is 0.909. The van der Waals surface area contributed by atoms with Gasteiger partial charge >= 0.3 is 0 Å². The number of sulfonamides is 1. The van der Waals surface area contributed by atoms with E-state index in [4.69, 9.17) is 4.74 Å². The lowest BCUT2D eigenvalue weighted by atomic mass is 10.1. The second-order valence-corrected chi connectivity index (χ2v) is 8.20. The molecule has 0 saturated heterocycles. The third kappa shape index (κ3) is 3.76. The Labute approximate surface area is 147 Å². The van der Waals surface area contributed by atoms with Crippen molar-refractivity contribution in [3.63, 3.8) is 0 Å². The average molecular weight is 360 g/mol. The highest BCUT2D eigenvalue weighted by Crippen LogP contribution is 2.31. The smallest absolute Gasteiger partial charge is 0.255 e. The van der Waals surface area contributed by atoms with Crippen molar-refractivity contribution in [3.8, 4) is 5.75 Å². The SMILES string of the molecule is CC1Cc2cc(NC(=O)c3ccc(N(C)S(C)(=O)=O)cc3)ccc2O1. The topological polar surface area (TPSA) is 75.7 Å². The molecule has 3 rings (SSSR count). The van der Waals surface area contributed by atoms with E-state index in [-0.39, 0.29) is 12.0 Å². The van der Waals surface area contributed by atoms with E-state index in [1.54, 1.807) is 30.3 Å². The van der Waals surface area contributed by atoms with Gasteiger partial charge in [-0.15, -0.1) is 0 Å². The number of hydrogen-bond acceptors (Lipinski definition) is 4. The first-order valence-corrected chi connectivity index (χ1v) is 9.74. The Balaban J connectivity index is 1.73. The molecule has 25 heavy (non-hydrogen) atoms. The summed E-state index contributed by atoms with van der Waals surface area (Å²) in [6.07, 6.45) is 2.11. The molecule has 1 N–H and O–H groups in total. The van der Waals surface area contributed by atoms with Crippen molar-refractivity contribution in [2.45, 2.75) is 19.4 Å². The van der Waals surface area contributed by atoms with Gasteiger partial charge in [-0.2, -0.15) is 0 Å². The van der Waals surface area contributed by atoms with E-state index < -0.39 is 10.0 Å². The zero-order chi connectivity index (χ0) is 18.2. The van der Waals surface area contributed by atoms with E-state index >= 15 is 0 Å². The first kappa shape index (κ1) is 17.3. The summed E-state index contributed by atoms with van der Waals surface area (Å²) in [7, 11) is -1.86. The average Bonchev–Trinajstić information content (AvgIpc) is 2.92. The van der Waals surface area contributed by atoms with Crippen LogP contribution in [0.5, 0.6) is 5.75 Å². The molecule has 1 amide bonds. The highest BCUT2D eigenvalue weighted by molar-refractivity contribution is 7.92. The Bertz CT molecular complexity index is 907. The Morgan fingerprint density at radius 2 is 1.88 bits per heavy atom. The normalized spacial score (nSPS) is 16.0. The van der Waals surface area contributed by atoms with Crippen LogP contribution in [-0.2, 0) is 16.4 Å². The predicted molar refractivity (Wildman–Crippen MR) is 97.9 cm³/mol. The second-order valence-electron chi connectivity index (χ2n) is 6.19. The molecule has 0 fully saturated rings. The number of carbonyl (C=O) groups is 1. The van der Waals surface area contributed by atoms with Gasteiger partial charge in [-0.05, 0) is 55.0 Å². The molecule has 0 aliphatic carbocycles.